The van der Waals surface area contributed by atoms with Gasteiger partial charge in [0.1, 0.15) is 18.8 Å². The van der Waals surface area contributed by atoms with Crippen LogP contribution >= 0.6 is 0 Å². The molecule has 218 valence electrons. The van der Waals surface area contributed by atoms with Gasteiger partial charge in [0, 0.05) is 19.3 Å². The van der Waals surface area contributed by atoms with Gasteiger partial charge in [0.05, 0.1) is 24.9 Å². The molecule has 2 aromatic rings. The largest absolute Gasteiger partial charge is 0.480 e. The minimum atomic E-state index is -3.79. The molecule has 0 bridgehead atoms. The number of carbonyl (C=O) groups is 3. The monoisotopic (exact) mass is 562 g/mol. The van der Waals surface area contributed by atoms with Crippen molar-refractivity contribution in [2.45, 2.75) is 83.1 Å². The number of aliphatic carboxylic acids is 1. The molecule has 0 aromatic heterocycles. The van der Waals surface area contributed by atoms with E-state index in [1.165, 1.54) is 6.92 Å². The number of nitrogens with one attached hydrogen (secondary N) is 2. The Morgan fingerprint density at radius 3 is 2.12 bits per heavy atom. The molecule has 1 saturated heterocycles. The van der Waals surface area contributed by atoms with Gasteiger partial charge in [-0.1, -0.05) is 74.5 Å². The Bertz CT molecular complexity index is 1120. The Balaban J connectivity index is 1.78. The zero-order valence-corrected chi connectivity index (χ0v) is 22.7. The van der Waals surface area contributed by atoms with Crippen molar-refractivity contribution < 1.29 is 42.5 Å². The maximum absolute atomic E-state index is 15.9. The van der Waals surface area contributed by atoms with E-state index in [9.17, 15) is 19.5 Å². The van der Waals surface area contributed by atoms with E-state index in [0.29, 0.717) is 12.0 Å². The molecule has 6 atom stereocenters. The number of ether oxygens (including phenoxy) is 3. The number of hydrogen-bond acceptors (Lipinski definition) is 6. The molecule has 1 aliphatic rings. The highest BCUT2D eigenvalue weighted by Crippen LogP contribution is 2.39. The van der Waals surface area contributed by atoms with Crippen LogP contribution in [0.1, 0.15) is 44.7 Å². The molecule has 1 aliphatic heterocycles. The molecule has 3 N–H and O–H groups in total. The number of hydrogen-bond donors (Lipinski definition) is 3. The number of rotatable bonds is 12. The maximum Gasteiger partial charge on any atom is 0.408 e. The summed E-state index contributed by atoms with van der Waals surface area (Å²) in [6.45, 7) is 4.74. The summed E-state index contributed by atoms with van der Waals surface area (Å²) in [5, 5.41) is 14.2. The fourth-order valence-electron chi connectivity index (χ4n) is 4.85. The molecule has 1 unspecified atom stereocenters. The first-order valence-electron chi connectivity index (χ1n) is 13.2. The molecule has 1 heterocycles. The number of alkyl halides is 2. The highest BCUT2D eigenvalue weighted by molar-refractivity contribution is 5.80. The van der Waals surface area contributed by atoms with E-state index in [0.717, 1.165) is 5.56 Å². The van der Waals surface area contributed by atoms with Gasteiger partial charge in [-0.2, -0.15) is 0 Å². The van der Waals surface area contributed by atoms with Crippen molar-refractivity contribution in [3.8, 4) is 0 Å². The standard InChI is InChI=1S/C29H36F2N2O7/c1-4-23-18(2)25(38-16-20-11-7-5-8-12-20)24(32-19(3)34)26(40-23)29(30,31)15-22(27(35)36)33-28(37)39-17-21-13-9-6-10-14-21/h5-14,18,22-26H,4,15-17H2,1-3H3,(H,32,34)(H,33,37)(H,35,36)/t18-,22?,23+,24+,25-,26-/m0/s1. The number of carboxylic acid groups (broad SMARTS) is 1. The summed E-state index contributed by atoms with van der Waals surface area (Å²) in [6, 6.07) is 14.5. The Labute approximate surface area is 232 Å². The van der Waals surface area contributed by atoms with Gasteiger partial charge in [-0.3, -0.25) is 4.79 Å². The summed E-state index contributed by atoms with van der Waals surface area (Å²) in [5.41, 5.74) is 1.47. The van der Waals surface area contributed by atoms with Crippen molar-refractivity contribution in [1.29, 1.82) is 0 Å². The third-order valence-corrected chi connectivity index (χ3v) is 6.86. The van der Waals surface area contributed by atoms with Crippen LogP contribution in [0.5, 0.6) is 0 Å². The number of alkyl carbamates (subject to hydrolysis) is 1. The molecule has 0 saturated carbocycles. The third kappa shape index (κ3) is 8.46. The Morgan fingerprint density at radius 2 is 1.60 bits per heavy atom. The second-order valence-electron chi connectivity index (χ2n) is 9.91. The predicted octanol–water partition coefficient (Wildman–Crippen LogP) is 4.30. The van der Waals surface area contributed by atoms with E-state index in [1.54, 1.807) is 44.2 Å². The second kappa shape index (κ2) is 14.2. The van der Waals surface area contributed by atoms with Crippen molar-refractivity contribution in [2.24, 2.45) is 5.92 Å². The Kier molecular flexibility index (Phi) is 11.0. The number of halogens is 2. The lowest BCUT2D eigenvalue weighted by molar-refractivity contribution is -0.241. The van der Waals surface area contributed by atoms with Gasteiger partial charge in [-0.05, 0) is 17.5 Å². The van der Waals surface area contributed by atoms with Crippen LogP contribution in [0.3, 0.4) is 0 Å². The first-order valence-corrected chi connectivity index (χ1v) is 13.2. The highest BCUT2D eigenvalue weighted by atomic mass is 19.3. The van der Waals surface area contributed by atoms with Crippen molar-refractivity contribution in [3.63, 3.8) is 0 Å². The van der Waals surface area contributed by atoms with Crippen LogP contribution in [0.25, 0.3) is 0 Å². The molecular formula is C29H36F2N2O7. The van der Waals surface area contributed by atoms with Crippen LogP contribution in [0, 0.1) is 5.92 Å². The van der Waals surface area contributed by atoms with E-state index in [4.69, 9.17) is 14.2 Å². The molecular weight excluding hydrogens is 526 g/mol. The molecule has 1 fully saturated rings. The fraction of sp³-hybridized carbons (Fsp3) is 0.483. The third-order valence-electron chi connectivity index (χ3n) is 6.86. The number of carboxylic acids is 1. The highest BCUT2D eigenvalue weighted by Gasteiger charge is 2.56. The zero-order valence-electron chi connectivity index (χ0n) is 22.7. The van der Waals surface area contributed by atoms with Crippen LogP contribution in [-0.2, 0) is 37.0 Å². The average molecular weight is 563 g/mol. The van der Waals surface area contributed by atoms with Crippen LogP contribution in [0.2, 0.25) is 0 Å². The normalized spacial score (nSPS) is 23.6. The summed E-state index contributed by atoms with van der Waals surface area (Å²) in [6.07, 6.45) is -5.47. The van der Waals surface area contributed by atoms with Crippen LogP contribution < -0.4 is 10.6 Å². The molecule has 40 heavy (non-hydrogen) atoms. The maximum atomic E-state index is 15.9. The minimum absolute atomic E-state index is 0.118. The molecule has 0 spiro atoms. The second-order valence-corrected chi connectivity index (χ2v) is 9.91. The lowest BCUT2D eigenvalue weighted by Crippen LogP contribution is -2.66. The lowest BCUT2D eigenvalue weighted by Gasteiger charge is -2.48. The van der Waals surface area contributed by atoms with Crippen molar-refractivity contribution in [3.05, 3.63) is 71.8 Å². The van der Waals surface area contributed by atoms with Crippen LogP contribution in [0.15, 0.2) is 60.7 Å². The summed E-state index contributed by atoms with van der Waals surface area (Å²) < 4.78 is 48.8. The fourth-order valence-corrected chi connectivity index (χ4v) is 4.85. The zero-order chi connectivity index (χ0) is 29.3. The van der Waals surface area contributed by atoms with Crippen LogP contribution in [0.4, 0.5) is 13.6 Å². The smallest absolute Gasteiger partial charge is 0.408 e. The van der Waals surface area contributed by atoms with Crippen molar-refractivity contribution >= 4 is 18.0 Å². The topological polar surface area (TPSA) is 123 Å². The van der Waals surface area contributed by atoms with E-state index in [2.05, 4.69) is 5.32 Å². The molecule has 0 radical (unpaired) electrons. The number of benzene rings is 2. The molecule has 0 aliphatic carbocycles. The Hall–Kier alpha value is -3.57. The molecule has 11 heteroatoms. The van der Waals surface area contributed by atoms with E-state index in [-0.39, 0.29) is 19.1 Å². The summed E-state index contributed by atoms with van der Waals surface area (Å²) in [7, 11) is 0. The molecule has 2 aromatic carbocycles. The van der Waals surface area contributed by atoms with Crippen molar-refractivity contribution in [2.75, 3.05) is 0 Å². The van der Waals surface area contributed by atoms with Gasteiger partial charge in [-0.15, -0.1) is 0 Å². The van der Waals surface area contributed by atoms with Gasteiger partial charge in [0.15, 0.2) is 0 Å². The quantitative estimate of drug-likeness (QED) is 0.353. The minimum Gasteiger partial charge on any atom is -0.480 e. The lowest BCUT2D eigenvalue weighted by atomic mass is 9.82. The Morgan fingerprint density at radius 1 is 1.02 bits per heavy atom. The molecule has 2 amide bonds. The van der Waals surface area contributed by atoms with Gasteiger partial charge in [0.2, 0.25) is 5.91 Å². The van der Waals surface area contributed by atoms with Gasteiger partial charge < -0.3 is 30.0 Å². The summed E-state index contributed by atoms with van der Waals surface area (Å²) in [4.78, 5) is 36.2. The summed E-state index contributed by atoms with van der Waals surface area (Å²) >= 11 is 0. The van der Waals surface area contributed by atoms with E-state index >= 15 is 8.78 Å². The molecule has 9 nitrogen and oxygen atoms in total. The average Bonchev–Trinajstić information content (AvgIpc) is 2.92. The first kappa shape index (κ1) is 31.0. The molecule has 3 rings (SSSR count). The van der Waals surface area contributed by atoms with Gasteiger partial charge in [0.25, 0.3) is 5.92 Å². The van der Waals surface area contributed by atoms with Crippen molar-refractivity contribution in [1.82, 2.24) is 10.6 Å². The summed E-state index contributed by atoms with van der Waals surface area (Å²) in [5.74, 6) is -6.38. The van der Waals surface area contributed by atoms with Gasteiger partial charge in [-0.25, -0.2) is 18.4 Å². The van der Waals surface area contributed by atoms with Crippen LogP contribution in [-0.4, -0.2) is 59.4 Å². The van der Waals surface area contributed by atoms with E-state index < -0.39 is 60.7 Å². The SMILES string of the molecule is CC[C@H]1O[C@H](C(F)(F)CC(NC(=O)OCc2ccccc2)C(=O)O)[C@H](NC(C)=O)[C@@H](OCc2ccccc2)[C@H]1C. The first-order chi connectivity index (χ1) is 19.0. The number of carbonyl (C=O) groups excluding carboxylic acids is 2. The predicted molar refractivity (Wildman–Crippen MR) is 141 cm³/mol. The van der Waals surface area contributed by atoms with E-state index in [1.807, 2.05) is 35.6 Å². The number of amides is 2. The van der Waals surface area contributed by atoms with Gasteiger partial charge >= 0.3 is 12.1 Å².